The molecule has 1 saturated heterocycles. The number of carbonyl (C=O) groups excluding carboxylic acids is 1. The number of anilines is 1. The number of rotatable bonds is 5. The van der Waals surface area contributed by atoms with Crippen molar-refractivity contribution in [1.29, 1.82) is 0 Å². The molecule has 1 aliphatic heterocycles. The third-order valence-electron chi connectivity index (χ3n) is 4.45. The van der Waals surface area contributed by atoms with Crippen molar-refractivity contribution in [1.82, 2.24) is 4.90 Å². The Kier molecular flexibility index (Phi) is 5.53. The summed E-state index contributed by atoms with van der Waals surface area (Å²) in [5, 5.41) is 3.57. The number of primary amides is 1. The van der Waals surface area contributed by atoms with Crippen LogP contribution in [0.15, 0.2) is 53.0 Å². The molecule has 4 nitrogen and oxygen atoms in total. The summed E-state index contributed by atoms with van der Waals surface area (Å²) in [5.41, 5.74) is 8.21. The molecule has 5 heteroatoms. The molecule has 1 aliphatic rings. The van der Waals surface area contributed by atoms with Gasteiger partial charge in [-0.15, -0.1) is 0 Å². The summed E-state index contributed by atoms with van der Waals surface area (Å²) in [5.74, 6) is -0.406. The Labute approximate surface area is 151 Å². The molecule has 0 atom stereocenters. The molecule has 126 valence electrons. The second-order valence-corrected chi connectivity index (χ2v) is 7.09. The van der Waals surface area contributed by atoms with E-state index in [1.54, 1.807) is 12.1 Å². The Bertz CT molecular complexity index is 697. The van der Waals surface area contributed by atoms with Gasteiger partial charge in [0.25, 0.3) is 0 Å². The van der Waals surface area contributed by atoms with Gasteiger partial charge in [-0.2, -0.15) is 0 Å². The number of amides is 1. The molecule has 1 heterocycles. The number of benzene rings is 2. The van der Waals surface area contributed by atoms with Gasteiger partial charge in [-0.3, -0.25) is 9.69 Å². The minimum Gasteiger partial charge on any atom is -0.381 e. The first-order chi connectivity index (χ1) is 11.6. The van der Waals surface area contributed by atoms with Crippen LogP contribution in [0.4, 0.5) is 5.69 Å². The zero-order valence-electron chi connectivity index (χ0n) is 13.5. The molecule has 3 N–H and O–H groups in total. The zero-order valence-corrected chi connectivity index (χ0v) is 15.1. The van der Waals surface area contributed by atoms with Crippen molar-refractivity contribution in [2.24, 2.45) is 5.73 Å². The Morgan fingerprint density at radius 1 is 1.17 bits per heavy atom. The maximum absolute atomic E-state index is 11.2. The highest BCUT2D eigenvalue weighted by atomic mass is 79.9. The fourth-order valence-corrected chi connectivity index (χ4v) is 3.58. The number of hydrogen-bond acceptors (Lipinski definition) is 3. The second kappa shape index (κ2) is 7.81. The predicted octanol–water partition coefficient (Wildman–Crippen LogP) is 3.62. The van der Waals surface area contributed by atoms with Crippen LogP contribution in [-0.2, 0) is 6.54 Å². The van der Waals surface area contributed by atoms with Crippen molar-refractivity contribution in [2.75, 3.05) is 18.4 Å². The van der Waals surface area contributed by atoms with Crippen LogP contribution in [0.2, 0.25) is 0 Å². The van der Waals surface area contributed by atoms with Crippen molar-refractivity contribution >= 4 is 27.5 Å². The van der Waals surface area contributed by atoms with Crippen LogP contribution in [-0.4, -0.2) is 29.9 Å². The highest BCUT2D eigenvalue weighted by Crippen LogP contribution is 2.26. The van der Waals surface area contributed by atoms with Gasteiger partial charge >= 0.3 is 0 Å². The number of nitrogens with one attached hydrogen (secondary N) is 1. The van der Waals surface area contributed by atoms with E-state index in [2.05, 4.69) is 56.5 Å². The van der Waals surface area contributed by atoms with E-state index in [1.807, 2.05) is 6.07 Å². The molecule has 1 fully saturated rings. The van der Waals surface area contributed by atoms with E-state index in [0.717, 1.165) is 42.6 Å². The molecule has 0 aliphatic carbocycles. The monoisotopic (exact) mass is 387 g/mol. The van der Waals surface area contributed by atoms with E-state index in [9.17, 15) is 4.79 Å². The fourth-order valence-electron chi connectivity index (χ4n) is 3.08. The molecule has 24 heavy (non-hydrogen) atoms. The Balaban J connectivity index is 1.53. The number of nitrogens with two attached hydrogens (primary N) is 1. The number of carbonyl (C=O) groups is 1. The average molecular weight is 388 g/mol. The first kappa shape index (κ1) is 17.0. The third-order valence-corrected chi connectivity index (χ3v) is 5.11. The van der Waals surface area contributed by atoms with Crippen LogP contribution in [0.3, 0.4) is 0 Å². The largest absolute Gasteiger partial charge is 0.381 e. The molecule has 0 aromatic heterocycles. The van der Waals surface area contributed by atoms with Crippen LogP contribution in [0.1, 0.15) is 28.8 Å². The highest BCUT2D eigenvalue weighted by Gasteiger charge is 2.19. The lowest BCUT2D eigenvalue weighted by atomic mass is 10.0. The van der Waals surface area contributed by atoms with Crippen LogP contribution in [0.5, 0.6) is 0 Å². The van der Waals surface area contributed by atoms with Crippen LogP contribution >= 0.6 is 15.9 Å². The Hall–Kier alpha value is -1.85. The van der Waals surface area contributed by atoms with E-state index in [1.165, 1.54) is 5.56 Å². The first-order valence-electron chi connectivity index (χ1n) is 8.24. The topological polar surface area (TPSA) is 58.4 Å². The van der Waals surface area contributed by atoms with E-state index in [4.69, 9.17) is 5.73 Å². The van der Waals surface area contributed by atoms with Gasteiger partial charge < -0.3 is 11.1 Å². The minimum atomic E-state index is -0.406. The van der Waals surface area contributed by atoms with E-state index < -0.39 is 5.91 Å². The van der Waals surface area contributed by atoms with Crippen LogP contribution < -0.4 is 11.1 Å². The molecule has 0 unspecified atom stereocenters. The van der Waals surface area contributed by atoms with Crippen LogP contribution in [0.25, 0.3) is 0 Å². The summed E-state index contributed by atoms with van der Waals surface area (Å²) in [4.78, 5) is 13.7. The summed E-state index contributed by atoms with van der Waals surface area (Å²) in [6.07, 6.45) is 2.22. The molecule has 0 saturated carbocycles. The number of likely N-dealkylation sites (tertiary alicyclic amines) is 1. The molecular weight excluding hydrogens is 366 g/mol. The lowest BCUT2D eigenvalue weighted by molar-refractivity contribution is 0.100. The number of hydrogen-bond donors (Lipinski definition) is 2. The third kappa shape index (κ3) is 4.36. The van der Waals surface area contributed by atoms with Gasteiger partial charge in [-0.05, 0) is 52.5 Å². The maximum atomic E-state index is 11.2. The Morgan fingerprint density at radius 3 is 2.50 bits per heavy atom. The summed E-state index contributed by atoms with van der Waals surface area (Å²) in [6, 6.07) is 16.5. The van der Waals surface area contributed by atoms with Crippen molar-refractivity contribution in [3.63, 3.8) is 0 Å². The molecule has 0 radical (unpaired) electrons. The molecule has 3 rings (SSSR count). The lowest BCUT2D eigenvalue weighted by Crippen LogP contribution is -2.38. The molecule has 0 bridgehead atoms. The van der Waals surface area contributed by atoms with E-state index in [0.29, 0.717) is 11.6 Å². The summed E-state index contributed by atoms with van der Waals surface area (Å²) in [6.45, 7) is 3.19. The molecule has 2 aromatic carbocycles. The van der Waals surface area contributed by atoms with Gasteiger partial charge in [0.15, 0.2) is 0 Å². The van der Waals surface area contributed by atoms with E-state index in [-0.39, 0.29) is 0 Å². The summed E-state index contributed by atoms with van der Waals surface area (Å²) >= 11 is 3.52. The van der Waals surface area contributed by atoms with Gasteiger partial charge in [0.2, 0.25) is 5.91 Å². The van der Waals surface area contributed by atoms with Gasteiger partial charge in [-0.25, -0.2) is 0 Å². The minimum absolute atomic E-state index is 0.406. The maximum Gasteiger partial charge on any atom is 0.248 e. The summed E-state index contributed by atoms with van der Waals surface area (Å²) in [7, 11) is 0. The summed E-state index contributed by atoms with van der Waals surface area (Å²) < 4.78 is 0.880. The fraction of sp³-hybridized carbons (Fsp3) is 0.316. The number of halogens is 1. The standard InChI is InChI=1S/C19H22BrN3O/c20-17-12-15(19(21)24)6-7-18(17)22-16-8-10-23(11-9-16)13-14-4-2-1-3-5-14/h1-7,12,16,22H,8-11,13H2,(H2,21,24). The van der Waals surface area contributed by atoms with Gasteiger partial charge in [0.1, 0.15) is 0 Å². The lowest BCUT2D eigenvalue weighted by Gasteiger charge is -2.33. The number of piperidine rings is 1. The highest BCUT2D eigenvalue weighted by molar-refractivity contribution is 9.10. The smallest absolute Gasteiger partial charge is 0.248 e. The van der Waals surface area contributed by atoms with Gasteiger partial charge in [0, 0.05) is 41.4 Å². The normalized spacial score (nSPS) is 16.0. The second-order valence-electron chi connectivity index (χ2n) is 6.24. The van der Waals surface area contributed by atoms with Crippen molar-refractivity contribution in [3.05, 3.63) is 64.1 Å². The Morgan fingerprint density at radius 2 is 1.88 bits per heavy atom. The predicted molar refractivity (Wildman–Crippen MR) is 101 cm³/mol. The van der Waals surface area contributed by atoms with Gasteiger partial charge in [-0.1, -0.05) is 30.3 Å². The van der Waals surface area contributed by atoms with Crippen molar-refractivity contribution in [3.8, 4) is 0 Å². The van der Waals surface area contributed by atoms with Gasteiger partial charge in [0.05, 0.1) is 0 Å². The molecular formula is C19H22BrN3O. The quantitative estimate of drug-likeness (QED) is 0.823. The number of nitrogens with zero attached hydrogens (tertiary/aromatic N) is 1. The molecule has 1 amide bonds. The van der Waals surface area contributed by atoms with Crippen molar-refractivity contribution in [2.45, 2.75) is 25.4 Å². The first-order valence-corrected chi connectivity index (χ1v) is 9.03. The molecule has 0 spiro atoms. The SMILES string of the molecule is NC(=O)c1ccc(NC2CCN(Cc3ccccc3)CC2)c(Br)c1. The van der Waals surface area contributed by atoms with Crippen LogP contribution in [0, 0.1) is 0 Å². The zero-order chi connectivity index (χ0) is 16.9. The molecule has 2 aromatic rings. The average Bonchev–Trinajstić information content (AvgIpc) is 2.59. The van der Waals surface area contributed by atoms with Crippen molar-refractivity contribution < 1.29 is 4.79 Å². The van der Waals surface area contributed by atoms with E-state index >= 15 is 0 Å².